The molecule has 0 bridgehead atoms. The molecule has 23 heavy (non-hydrogen) atoms. The number of aliphatic hydroxyl groups is 1. The molecule has 0 saturated heterocycles. The van der Waals surface area contributed by atoms with E-state index in [0.29, 0.717) is 0 Å². The van der Waals surface area contributed by atoms with Gasteiger partial charge in [-0.15, -0.1) is 0 Å². The molecule has 1 aliphatic carbocycles. The summed E-state index contributed by atoms with van der Waals surface area (Å²) in [5.41, 5.74) is -0.0218. The predicted molar refractivity (Wildman–Crippen MR) is 87.8 cm³/mol. The second-order valence-corrected chi connectivity index (χ2v) is 4.88. The van der Waals surface area contributed by atoms with Crippen LogP contribution in [0.5, 0.6) is 0 Å². The highest BCUT2D eigenvalue weighted by Crippen LogP contribution is 2.31. The van der Waals surface area contributed by atoms with Crippen LogP contribution in [0.25, 0.3) is 6.08 Å². The fraction of sp³-hybridized carbons (Fsp3) is 0.222. The van der Waals surface area contributed by atoms with Crippen molar-refractivity contribution in [2.45, 2.75) is 13.3 Å². The Morgan fingerprint density at radius 1 is 1.13 bits per heavy atom. The number of carbonyl (C=O) groups is 2. The van der Waals surface area contributed by atoms with Gasteiger partial charge in [-0.25, -0.2) is 0 Å². The van der Waals surface area contributed by atoms with Crippen molar-refractivity contribution in [2.24, 2.45) is 5.41 Å². The average Bonchev–Trinajstić information content (AvgIpc) is 2.54. The third-order valence-corrected chi connectivity index (χ3v) is 3.25. The van der Waals surface area contributed by atoms with E-state index in [0.717, 1.165) is 11.1 Å². The lowest BCUT2D eigenvalue weighted by atomic mass is 9.80. The van der Waals surface area contributed by atoms with Gasteiger partial charge in [-0.2, -0.15) is 0 Å². The summed E-state index contributed by atoms with van der Waals surface area (Å²) in [4.78, 5) is 22.2. The number of aliphatic carboxylic acids is 2. The van der Waals surface area contributed by atoms with Crippen molar-refractivity contribution in [3.8, 4) is 0 Å². The van der Waals surface area contributed by atoms with Crippen molar-refractivity contribution in [3.05, 3.63) is 65.8 Å². The molecule has 0 spiro atoms. The number of hydrogen-bond donors (Lipinski definition) is 3. The van der Waals surface area contributed by atoms with Crippen molar-refractivity contribution in [1.29, 1.82) is 0 Å². The summed E-state index contributed by atoms with van der Waals surface area (Å²) in [6.07, 6.45) is 8.07. The number of hydrogen-bond acceptors (Lipinski definition) is 3. The van der Waals surface area contributed by atoms with Crippen LogP contribution in [0.3, 0.4) is 0 Å². The summed E-state index contributed by atoms with van der Waals surface area (Å²) >= 11 is 0. The minimum Gasteiger partial charge on any atom is -0.480 e. The lowest BCUT2D eigenvalue weighted by Crippen LogP contribution is -2.38. The van der Waals surface area contributed by atoms with Gasteiger partial charge in [0.15, 0.2) is 5.41 Å². The zero-order chi connectivity index (χ0) is 17.3. The highest BCUT2D eigenvalue weighted by atomic mass is 16.4. The summed E-state index contributed by atoms with van der Waals surface area (Å²) in [6.45, 7) is 1.93. The average molecular weight is 316 g/mol. The molecule has 0 unspecified atom stereocenters. The van der Waals surface area contributed by atoms with Crippen molar-refractivity contribution in [3.63, 3.8) is 0 Å². The maximum atomic E-state index is 11.1. The molecular formula is C18H20O5. The number of carboxylic acids is 2. The van der Waals surface area contributed by atoms with Crippen LogP contribution in [0.2, 0.25) is 0 Å². The van der Waals surface area contributed by atoms with E-state index in [4.69, 9.17) is 15.3 Å². The van der Waals surface area contributed by atoms with Crippen LogP contribution in [-0.4, -0.2) is 33.9 Å². The van der Waals surface area contributed by atoms with Crippen molar-refractivity contribution in [2.75, 3.05) is 6.61 Å². The molecule has 0 saturated carbocycles. The molecule has 0 aliphatic heterocycles. The minimum atomic E-state index is -1.84. The van der Waals surface area contributed by atoms with Gasteiger partial charge in [0.05, 0.1) is 0 Å². The Bertz CT molecular complexity index is 612. The Kier molecular flexibility index (Phi) is 6.96. The van der Waals surface area contributed by atoms with Crippen molar-refractivity contribution >= 4 is 18.0 Å². The van der Waals surface area contributed by atoms with Crippen LogP contribution in [0.15, 0.2) is 60.2 Å². The third kappa shape index (κ3) is 4.93. The molecule has 122 valence electrons. The molecule has 2 rings (SSSR count). The van der Waals surface area contributed by atoms with Gasteiger partial charge in [0, 0.05) is 6.61 Å². The normalized spacial score (nSPS) is 15.5. The molecule has 1 aliphatic rings. The van der Waals surface area contributed by atoms with E-state index < -0.39 is 17.4 Å². The smallest absolute Gasteiger partial charge is 0.325 e. The van der Waals surface area contributed by atoms with Gasteiger partial charge < -0.3 is 15.3 Å². The minimum absolute atomic E-state index is 0.0529. The maximum Gasteiger partial charge on any atom is 0.325 e. The molecular weight excluding hydrogens is 296 g/mol. The van der Waals surface area contributed by atoms with E-state index >= 15 is 0 Å². The summed E-state index contributed by atoms with van der Waals surface area (Å²) in [7, 11) is 0. The van der Waals surface area contributed by atoms with E-state index in [-0.39, 0.29) is 13.0 Å². The Morgan fingerprint density at radius 3 is 2.13 bits per heavy atom. The standard InChI is InChI=1S/C16H14O4.C2H6O/c17-14(18)16(15(19)20)10-8-13(9-11-16)7-6-12-4-2-1-3-5-12;1-2-3/h1-10H,11H2,(H,17,18)(H,19,20);3H,2H2,1H3/b7-6+;. The first-order valence-corrected chi connectivity index (χ1v) is 7.16. The topological polar surface area (TPSA) is 94.8 Å². The molecule has 0 atom stereocenters. The van der Waals surface area contributed by atoms with Crippen molar-refractivity contribution < 1.29 is 24.9 Å². The fourth-order valence-electron chi connectivity index (χ4n) is 1.94. The number of carboxylic acid groups (broad SMARTS) is 2. The fourth-order valence-corrected chi connectivity index (χ4v) is 1.94. The first-order chi connectivity index (χ1) is 11.0. The van der Waals surface area contributed by atoms with Crippen LogP contribution >= 0.6 is 0 Å². The zero-order valence-corrected chi connectivity index (χ0v) is 12.8. The van der Waals surface area contributed by atoms with Gasteiger partial charge in [0.2, 0.25) is 0 Å². The van der Waals surface area contributed by atoms with Crippen LogP contribution < -0.4 is 0 Å². The van der Waals surface area contributed by atoms with Crippen LogP contribution in [0.1, 0.15) is 18.9 Å². The van der Waals surface area contributed by atoms with Gasteiger partial charge in [0.1, 0.15) is 0 Å². The van der Waals surface area contributed by atoms with Crippen molar-refractivity contribution in [1.82, 2.24) is 0 Å². The van der Waals surface area contributed by atoms with Crippen LogP contribution in [0.4, 0.5) is 0 Å². The molecule has 0 amide bonds. The molecule has 3 N–H and O–H groups in total. The Labute approximate surface area is 134 Å². The molecule has 1 aromatic carbocycles. The van der Waals surface area contributed by atoms with Gasteiger partial charge >= 0.3 is 11.9 Å². The SMILES string of the molecule is CCO.O=C(O)C1(C(=O)O)C=CC(/C=C/c2ccccc2)=CC1. The van der Waals surface area contributed by atoms with E-state index in [9.17, 15) is 9.59 Å². The molecule has 0 heterocycles. The Morgan fingerprint density at radius 2 is 1.70 bits per heavy atom. The first kappa shape index (κ1) is 18.4. The highest BCUT2D eigenvalue weighted by molar-refractivity contribution is 6.01. The number of rotatable bonds is 4. The number of allylic oxidation sites excluding steroid dienone is 4. The second kappa shape index (κ2) is 8.70. The van der Waals surface area contributed by atoms with Gasteiger partial charge in [-0.3, -0.25) is 9.59 Å². The van der Waals surface area contributed by atoms with E-state index in [2.05, 4.69) is 0 Å². The summed E-state index contributed by atoms with van der Waals surface area (Å²) < 4.78 is 0. The quantitative estimate of drug-likeness (QED) is 0.742. The summed E-state index contributed by atoms with van der Waals surface area (Å²) in [5, 5.41) is 25.7. The summed E-state index contributed by atoms with van der Waals surface area (Å²) in [5.74, 6) is -2.69. The Hall–Kier alpha value is -2.66. The lowest BCUT2D eigenvalue weighted by molar-refractivity contribution is -0.160. The number of aliphatic hydroxyl groups excluding tert-OH is 1. The van der Waals surface area contributed by atoms with Crippen LogP contribution in [0, 0.1) is 5.41 Å². The first-order valence-electron chi connectivity index (χ1n) is 7.16. The molecule has 1 aromatic rings. The highest BCUT2D eigenvalue weighted by Gasteiger charge is 2.44. The van der Waals surface area contributed by atoms with E-state index in [1.807, 2.05) is 42.5 Å². The Balaban J connectivity index is 0.000000816. The summed E-state index contributed by atoms with van der Waals surface area (Å²) in [6, 6.07) is 9.66. The molecule has 0 fully saturated rings. The number of benzene rings is 1. The second-order valence-electron chi connectivity index (χ2n) is 4.88. The van der Waals surface area contributed by atoms with Gasteiger partial charge in [-0.1, -0.05) is 60.7 Å². The third-order valence-electron chi connectivity index (χ3n) is 3.25. The monoisotopic (exact) mass is 316 g/mol. The maximum absolute atomic E-state index is 11.1. The van der Waals surface area contributed by atoms with E-state index in [1.165, 1.54) is 12.2 Å². The predicted octanol–water partition coefficient (Wildman–Crippen LogP) is 2.74. The molecule has 5 heteroatoms. The van der Waals surface area contributed by atoms with Crippen LogP contribution in [-0.2, 0) is 9.59 Å². The largest absolute Gasteiger partial charge is 0.480 e. The van der Waals surface area contributed by atoms with Gasteiger partial charge in [-0.05, 0) is 24.5 Å². The van der Waals surface area contributed by atoms with E-state index in [1.54, 1.807) is 13.0 Å². The van der Waals surface area contributed by atoms with Gasteiger partial charge in [0.25, 0.3) is 0 Å². The molecule has 0 aromatic heterocycles. The zero-order valence-electron chi connectivity index (χ0n) is 12.8. The molecule has 0 radical (unpaired) electrons. The molecule has 5 nitrogen and oxygen atoms in total. The lowest BCUT2D eigenvalue weighted by Gasteiger charge is -2.22.